The summed E-state index contributed by atoms with van der Waals surface area (Å²) in [6, 6.07) is 1.91. The number of aromatic nitrogens is 1. The predicted molar refractivity (Wildman–Crippen MR) is 63.4 cm³/mol. The number of nitrogen functional groups attached to an aromatic ring is 1. The Bertz CT molecular complexity index is 418. The molecular formula is C11H14ClN3O. The zero-order valence-electron chi connectivity index (χ0n) is 9.11. The fraction of sp³-hybridized carbons (Fsp3) is 0.455. The highest BCUT2D eigenvalue weighted by atomic mass is 35.5. The van der Waals surface area contributed by atoms with E-state index in [1.807, 2.05) is 11.8 Å². The number of pyridine rings is 1. The van der Waals surface area contributed by atoms with Crippen LogP contribution in [0.4, 0.5) is 5.69 Å². The van der Waals surface area contributed by atoms with E-state index in [0.717, 1.165) is 12.8 Å². The van der Waals surface area contributed by atoms with Crippen LogP contribution in [-0.4, -0.2) is 28.4 Å². The van der Waals surface area contributed by atoms with Crippen molar-refractivity contribution in [2.75, 3.05) is 12.3 Å². The van der Waals surface area contributed by atoms with Gasteiger partial charge in [-0.1, -0.05) is 11.6 Å². The lowest BCUT2D eigenvalue weighted by atomic mass is 10.2. The zero-order chi connectivity index (χ0) is 11.7. The topological polar surface area (TPSA) is 59.2 Å². The molecule has 1 aliphatic rings. The molecule has 2 rings (SSSR count). The number of nitrogens with zero attached hydrogens (tertiary/aromatic N) is 2. The lowest BCUT2D eigenvalue weighted by molar-refractivity contribution is 0.0753. The molecule has 86 valence electrons. The molecule has 0 saturated heterocycles. The van der Waals surface area contributed by atoms with Crippen LogP contribution in [0.2, 0.25) is 5.15 Å². The largest absolute Gasteiger partial charge is 0.397 e. The molecule has 0 atom stereocenters. The lowest BCUT2D eigenvalue weighted by Crippen LogP contribution is -2.33. The molecule has 0 spiro atoms. The van der Waals surface area contributed by atoms with Crippen LogP contribution in [0.3, 0.4) is 0 Å². The molecule has 0 unspecified atom stereocenters. The minimum Gasteiger partial charge on any atom is -0.397 e. The molecule has 16 heavy (non-hydrogen) atoms. The van der Waals surface area contributed by atoms with Gasteiger partial charge < -0.3 is 10.6 Å². The molecule has 1 amide bonds. The number of nitrogens with two attached hydrogens (primary N) is 1. The highest BCUT2D eigenvalue weighted by molar-refractivity contribution is 6.29. The molecule has 1 heterocycles. The van der Waals surface area contributed by atoms with Crippen molar-refractivity contribution in [2.24, 2.45) is 0 Å². The first kappa shape index (κ1) is 11.2. The molecular weight excluding hydrogens is 226 g/mol. The summed E-state index contributed by atoms with van der Waals surface area (Å²) in [5.74, 6) is -0.0493. The average Bonchev–Trinajstić information content (AvgIpc) is 3.07. The normalized spacial score (nSPS) is 14.9. The maximum Gasteiger partial charge on any atom is 0.256 e. The Hall–Kier alpha value is -1.29. The zero-order valence-corrected chi connectivity index (χ0v) is 9.87. The number of carbonyl (C=O) groups excluding carboxylic acids is 1. The average molecular weight is 240 g/mol. The summed E-state index contributed by atoms with van der Waals surface area (Å²) < 4.78 is 0. The second kappa shape index (κ2) is 4.29. The molecule has 0 aliphatic heterocycles. The van der Waals surface area contributed by atoms with Crippen LogP contribution < -0.4 is 5.73 Å². The molecule has 4 nitrogen and oxygen atoms in total. The number of carbonyl (C=O) groups is 1. The van der Waals surface area contributed by atoms with Crippen molar-refractivity contribution >= 4 is 23.2 Å². The van der Waals surface area contributed by atoms with E-state index in [1.165, 1.54) is 12.3 Å². The van der Waals surface area contributed by atoms with Crippen molar-refractivity contribution < 1.29 is 4.79 Å². The highest BCUT2D eigenvalue weighted by Crippen LogP contribution is 2.29. The Labute approximate surface area is 99.4 Å². The summed E-state index contributed by atoms with van der Waals surface area (Å²) >= 11 is 5.77. The first-order valence-electron chi connectivity index (χ1n) is 5.35. The Morgan fingerprint density at radius 3 is 2.94 bits per heavy atom. The summed E-state index contributed by atoms with van der Waals surface area (Å²) in [7, 11) is 0. The Morgan fingerprint density at radius 2 is 2.38 bits per heavy atom. The van der Waals surface area contributed by atoms with Gasteiger partial charge in [0.05, 0.1) is 17.4 Å². The van der Waals surface area contributed by atoms with Gasteiger partial charge >= 0.3 is 0 Å². The first-order valence-corrected chi connectivity index (χ1v) is 5.73. The second-order valence-electron chi connectivity index (χ2n) is 3.92. The van der Waals surface area contributed by atoms with Gasteiger partial charge in [0.1, 0.15) is 5.15 Å². The van der Waals surface area contributed by atoms with Gasteiger partial charge in [-0.25, -0.2) is 4.98 Å². The van der Waals surface area contributed by atoms with E-state index in [-0.39, 0.29) is 5.91 Å². The van der Waals surface area contributed by atoms with Crippen molar-refractivity contribution in [1.29, 1.82) is 0 Å². The van der Waals surface area contributed by atoms with E-state index in [0.29, 0.717) is 29.0 Å². The van der Waals surface area contributed by atoms with Gasteiger partial charge in [-0.3, -0.25) is 4.79 Å². The fourth-order valence-corrected chi connectivity index (χ4v) is 1.89. The van der Waals surface area contributed by atoms with Gasteiger partial charge in [-0.05, 0) is 25.8 Å². The third-order valence-corrected chi connectivity index (χ3v) is 2.93. The van der Waals surface area contributed by atoms with E-state index >= 15 is 0 Å². The molecule has 1 saturated carbocycles. The van der Waals surface area contributed by atoms with E-state index in [9.17, 15) is 4.79 Å². The monoisotopic (exact) mass is 239 g/mol. The van der Waals surface area contributed by atoms with Gasteiger partial charge in [0.15, 0.2) is 0 Å². The number of rotatable bonds is 3. The summed E-state index contributed by atoms with van der Waals surface area (Å²) in [6.07, 6.45) is 3.59. The molecule has 5 heteroatoms. The van der Waals surface area contributed by atoms with Crippen molar-refractivity contribution in [3.8, 4) is 0 Å². The van der Waals surface area contributed by atoms with Crippen LogP contribution >= 0.6 is 11.6 Å². The third-order valence-electron chi connectivity index (χ3n) is 2.72. The highest BCUT2D eigenvalue weighted by Gasteiger charge is 2.32. The Morgan fingerprint density at radius 1 is 1.69 bits per heavy atom. The Balaban J connectivity index is 2.28. The number of amides is 1. The van der Waals surface area contributed by atoms with Crippen molar-refractivity contribution in [1.82, 2.24) is 9.88 Å². The van der Waals surface area contributed by atoms with E-state index in [2.05, 4.69) is 4.98 Å². The van der Waals surface area contributed by atoms with Crippen LogP contribution in [-0.2, 0) is 0 Å². The number of hydrogen-bond acceptors (Lipinski definition) is 3. The van der Waals surface area contributed by atoms with E-state index < -0.39 is 0 Å². The molecule has 0 aromatic carbocycles. The van der Waals surface area contributed by atoms with E-state index in [1.54, 1.807) is 0 Å². The quantitative estimate of drug-likeness (QED) is 0.821. The second-order valence-corrected chi connectivity index (χ2v) is 4.30. The number of halogens is 1. The maximum absolute atomic E-state index is 12.2. The predicted octanol–water partition coefficient (Wildman–Crippen LogP) is 1.94. The molecule has 2 N–H and O–H groups in total. The smallest absolute Gasteiger partial charge is 0.256 e. The lowest BCUT2D eigenvalue weighted by Gasteiger charge is -2.21. The summed E-state index contributed by atoms with van der Waals surface area (Å²) in [5.41, 5.74) is 6.57. The SMILES string of the molecule is CCN(C(=O)c1cc(Cl)ncc1N)C1CC1. The van der Waals surface area contributed by atoms with Gasteiger partial charge in [-0.15, -0.1) is 0 Å². The standard InChI is InChI=1S/C11H14ClN3O/c1-2-15(7-3-4-7)11(16)8-5-10(12)14-6-9(8)13/h5-7H,2-4,13H2,1H3. The molecule has 1 fully saturated rings. The summed E-state index contributed by atoms with van der Waals surface area (Å²) in [5, 5.41) is 0.296. The number of anilines is 1. The minimum absolute atomic E-state index is 0.0493. The molecule has 1 aliphatic carbocycles. The van der Waals surface area contributed by atoms with Crippen LogP contribution in [0.5, 0.6) is 0 Å². The Kier molecular flexibility index (Phi) is 3.01. The molecule has 1 aromatic rings. The van der Waals surface area contributed by atoms with Crippen LogP contribution in [0.25, 0.3) is 0 Å². The van der Waals surface area contributed by atoms with Gasteiger partial charge in [-0.2, -0.15) is 0 Å². The van der Waals surface area contributed by atoms with Crippen LogP contribution in [0.15, 0.2) is 12.3 Å². The molecule has 0 radical (unpaired) electrons. The summed E-state index contributed by atoms with van der Waals surface area (Å²) in [6.45, 7) is 2.66. The van der Waals surface area contributed by atoms with Gasteiger partial charge in [0.2, 0.25) is 0 Å². The molecule has 1 aromatic heterocycles. The molecule has 0 bridgehead atoms. The van der Waals surface area contributed by atoms with Crippen molar-refractivity contribution in [3.63, 3.8) is 0 Å². The fourth-order valence-electron chi connectivity index (χ4n) is 1.73. The maximum atomic E-state index is 12.2. The van der Waals surface area contributed by atoms with Crippen molar-refractivity contribution in [3.05, 3.63) is 23.0 Å². The van der Waals surface area contributed by atoms with Crippen LogP contribution in [0.1, 0.15) is 30.1 Å². The van der Waals surface area contributed by atoms with E-state index in [4.69, 9.17) is 17.3 Å². The van der Waals surface area contributed by atoms with Crippen LogP contribution in [0, 0.1) is 0 Å². The first-order chi connectivity index (χ1) is 7.63. The third kappa shape index (κ3) is 2.11. The number of hydrogen-bond donors (Lipinski definition) is 1. The minimum atomic E-state index is -0.0493. The van der Waals surface area contributed by atoms with Gasteiger partial charge in [0.25, 0.3) is 5.91 Å². The van der Waals surface area contributed by atoms with Gasteiger partial charge in [0, 0.05) is 12.6 Å². The summed E-state index contributed by atoms with van der Waals surface area (Å²) in [4.78, 5) is 17.9. The van der Waals surface area contributed by atoms with Crippen molar-refractivity contribution in [2.45, 2.75) is 25.8 Å².